The summed E-state index contributed by atoms with van der Waals surface area (Å²) >= 11 is 1.82. The molecule has 1 aromatic rings. The highest BCUT2D eigenvalue weighted by molar-refractivity contribution is 7.99. The summed E-state index contributed by atoms with van der Waals surface area (Å²) in [5.41, 5.74) is 1.29. The van der Waals surface area contributed by atoms with Crippen LogP contribution in [0.25, 0.3) is 0 Å². The number of aromatic nitrogens is 1. The number of nitrogens with one attached hydrogen (secondary N) is 1. The van der Waals surface area contributed by atoms with E-state index in [4.69, 9.17) is 4.74 Å². The molecular weight excluding hydrogens is 232 g/mol. The Bertz CT molecular complexity index is 340. The first-order valence-electron chi connectivity index (χ1n) is 6.29. The molecule has 1 saturated heterocycles. The number of rotatable bonds is 6. The van der Waals surface area contributed by atoms with E-state index in [1.807, 2.05) is 24.0 Å². The summed E-state index contributed by atoms with van der Waals surface area (Å²) < 4.78 is 5.63. The van der Waals surface area contributed by atoms with Crippen LogP contribution in [-0.4, -0.2) is 30.0 Å². The number of hydrogen-bond acceptors (Lipinski definition) is 4. The van der Waals surface area contributed by atoms with Crippen molar-refractivity contribution in [1.29, 1.82) is 0 Å². The number of hydrogen-bond donors (Lipinski definition) is 1. The van der Waals surface area contributed by atoms with Crippen molar-refractivity contribution in [2.45, 2.75) is 37.4 Å². The predicted molar refractivity (Wildman–Crippen MR) is 71.3 cm³/mol. The second kappa shape index (κ2) is 6.99. The van der Waals surface area contributed by atoms with Crippen LogP contribution in [-0.2, 0) is 11.3 Å². The lowest BCUT2D eigenvalue weighted by atomic mass is 10.3. The second-order valence-corrected chi connectivity index (χ2v) is 5.20. The van der Waals surface area contributed by atoms with Gasteiger partial charge >= 0.3 is 0 Å². The van der Waals surface area contributed by atoms with E-state index >= 15 is 0 Å². The van der Waals surface area contributed by atoms with Crippen LogP contribution in [0.2, 0.25) is 0 Å². The summed E-state index contributed by atoms with van der Waals surface area (Å²) in [6, 6.07) is 4.15. The Balaban J connectivity index is 1.89. The van der Waals surface area contributed by atoms with Crippen LogP contribution < -0.4 is 5.32 Å². The molecule has 1 aliphatic heterocycles. The van der Waals surface area contributed by atoms with Crippen molar-refractivity contribution < 1.29 is 4.74 Å². The van der Waals surface area contributed by atoms with Gasteiger partial charge in [-0.25, -0.2) is 4.98 Å². The minimum atomic E-state index is 0.425. The molecule has 1 aromatic heterocycles. The largest absolute Gasteiger partial charge is 0.377 e. The minimum Gasteiger partial charge on any atom is -0.377 e. The van der Waals surface area contributed by atoms with E-state index in [-0.39, 0.29) is 0 Å². The fourth-order valence-corrected chi connectivity index (χ4v) is 2.96. The van der Waals surface area contributed by atoms with Gasteiger partial charge < -0.3 is 10.1 Å². The van der Waals surface area contributed by atoms with Gasteiger partial charge in [-0.3, -0.25) is 0 Å². The van der Waals surface area contributed by atoms with Crippen molar-refractivity contribution >= 4 is 11.8 Å². The first-order valence-corrected chi connectivity index (χ1v) is 7.27. The number of ether oxygens (including phenoxy) is 1. The third-order valence-corrected chi connectivity index (χ3v) is 4.02. The molecule has 1 fully saturated rings. The van der Waals surface area contributed by atoms with Gasteiger partial charge in [-0.15, -0.1) is 11.8 Å². The van der Waals surface area contributed by atoms with Gasteiger partial charge in [-0.2, -0.15) is 0 Å². The van der Waals surface area contributed by atoms with E-state index in [2.05, 4.69) is 23.3 Å². The average Bonchev–Trinajstić information content (AvgIpc) is 2.88. The average molecular weight is 252 g/mol. The molecule has 1 N–H and O–H groups in total. The molecule has 94 valence electrons. The molecule has 2 heterocycles. The zero-order valence-electron chi connectivity index (χ0n) is 10.3. The monoisotopic (exact) mass is 252 g/mol. The second-order valence-electron chi connectivity index (χ2n) is 4.19. The van der Waals surface area contributed by atoms with Crippen molar-refractivity contribution in [2.24, 2.45) is 0 Å². The topological polar surface area (TPSA) is 34.2 Å². The lowest BCUT2D eigenvalue weighted by Gasteiger charge is -2.11. The highest BCUT2D eigenvalue weighted by Crippen LogP contribution is 2.24. The van der Waals surface area contributed by atoms with Gasteiger partial charge in [0.2, 0.25) is 0 Å². The lowest BCUT2D eigenvalue weighted by molar-refractivity contribution is 0.129. The fourth-order valence-electron chi connectivity index (χ4n) is 1.90. The van der Waals surface area contributed by atoms with Gasteiger partial charge in [-0.1, -0.05) is 13.0 Å². The molecule has 17 heavy (non-hydrogen) atoms. The number of nitrogens with zero attached hydrogens (tertiary/aromatic N) is 1. The summed E-state index contributed by atoms with van der Waals surface area (Å²) in [6.07, 6.45) is 4.70. The van der Waals surface area contributed by atoms with Crippen molar-refractivity contribution in [3.63, 3.8) is 0 Å². The molecule has 0 aliphatic carbocycles. The number of thioether (sulfide) groups is 1. The predicted octanol–water partition coefficient (Wildman–Crippen LogP) is 2.46. The fraction of sp³-hybridized carbons (Fsp3) is 0.615. The third kappa shape index (κ3) is 3.98. The van der Waals surface area contributed by atoms with Gasteiger partial charge in [0.1, 0.15) is 5.03 Å². The zero-order chi connectivity index (χ0) is 11.9. The van der Waals surface area contributed by atoms with Crippen molar-refractivity contribution in [3.05, 3.63) is 23.9 Å². The van der Waals surface area contributed by atoms with Crippen molar-refractivity contribution in [1.82, 2.24) is 10.3 Å². The molecule has 1 unspecified atom stereocenters. The van der Waals surface area contributed by atoms with E-state index in [0.29, 0.717) is 6.10 Å². The Morgan fingerprint density at radius 2 is 2.53 bits per heavy atom. The van der Waals surface area contributed by atoms with Crippen molar-refractivity contribution in [3.8, 4) is 0 Å². The number of pyridine rings is 1. The molecule has 0 radical (unpaired) electrons. The third-order valence-electron chi connectivity index (χ3n) is 2.85. The maximum absolute atomic E-state index is 5.63. The van der Waals surface area contributed by atoms with Gasteiger partial charge in [0, 0.05) is 25.1 Å². The SMILES string of the molecule is CCNCc1cccnc1SCC1CCCO1. The normalized spacial score (nSPS) is 19.7. The van der Waals surface area contributed by atoms with Gasteiger partial charge in [0.25, 0.3) is 0 Å². The quantitative estimate of drug-likeness (QED) is 0.789. The molecule has 0 spiro atoms. The molecular formula is C13H20N2OS. The molecule has 4 heteroatoms. The standard InChI is InChI=1S/C13H20N2OS/c1-2-14-9-11-5-3-7-15-13(11)17-10-12-6-4-8-16-12/h3,5,7,12,14H,2,4,6,8-10H2,1H3. The maximum atomic E-state index is 5.63. The highest BCUT2D eigenvalue weighted by Gasteiger charge is 2.16. The van der Waals surface area contributed by atoms with Crippen LogP contribution in [0.5, 0.6) is 0 Å². The summed E-state index contributed by atoms with van der Waals surface area (Å²) in [6.45, 7) is 4.94. The Labute approximate surface area is 107 Å². The van der Waals surface area contributed by atoms with Crippen LogP contribution in [0.3, 0.4) is 0 Å². The molecule has 0 amide bonds. The Hall–Kier alpha value is -0.580. The Kier molecular flexibility index (Phi) is 5.29. The summed E-state index contributed by atoms with van der Waals surface area (Å²) in [5, 5.41) is 4.49. The van der Waals surface area contributed by atoms with Crippen molar-refractivity contribution in [2.75, 3.05) is 18.9 Å². The van der Waals surface area contributed by atoms with Gasteiger partial charge in [-0.05, 0) is 31.0 Å². The highest BCUT2D eigenvalue weighted by atomic mass is 32.2. The Morgan fingerprint density at radius 3 is 3.29 bits per heavy atom. The minimum absolute atomic E-state index is 0.425. The summed E-state index contributed by atoms with van der Waals surface area (Å²) in [7, 11) is 0. The van der Waals surface area contributed by atoms with E-state index in [1.165, 1.54) is 18.4 Å². The van der Waals surface area contributed by atoms with E-state index in [0.717, 1.165) is 30.5 Å². The molecule has 0 saturated carbocycles. The lowest BCUT2D eigenvalue weighted by Crippen LogP contribution is -2.13. The maximum Gasteiger partial charge on any atom is 0.101 e. The van der Waals surface area contributed by atoms with Gasteiger partial charge in [0.15, 0.2) is 0 Å². The van der Waals surface area contributed by atoms with Crippen LogP contribution >= 0.6 is 11.8 Å². The molecule has 0 aromatic carbocycles. The first-order chi connectivity index (χ1) is 8.40. The van der Waals surface area contributed by atoms with E-state index in [1.54, 1.807) is 0 Å². The van der Waals surface area contributed by atoms with Crippen LogP contribution in [0.15, 0.2) is 23.4 Å². The molecule has 1 aliphatic rings. The van der Waals surface area contributed by atoms with Crippen LogP contribution in [0.1, 0.15) is 25.3 Å². The molecule has 3 nitrogen and oxygen atoms in total. The van der Waals surface area contributed by atoms with E-state index in [9.17, 15) is 0 Å². The van der Waals surface area contributed by atoms with Crippen LogP contribution in [0.4, 0.5) is 0 Å². The summed E-state index contributed by atoms with van der Waals surface area (Å²) in [4.78, 5) is 4.46. The molecule has 2 rings (SSSR count). The van der Waals surface area contributed by atoms with Gasteiger partial charge in [0.05, 0.1) is 6.10 Å². The Morgan fingerprint density at radius 1 is 1.59 bits per heavy atom. The first kappa shape index (κ1) is 12.9. The van der Waals surface area contributed by atoms with E-state index < -0.39 is 0 Å². The molecule has 1 atom stereocenters. The summed E-state index contributed by atoms with van der Waals surface area (Å²) in [5.74, 6) is 1.02. The zero-order valence-corrected chi connectivity index (χ0v) is 11.1. The smallest absolute Gasteiger partial charge is 0.101 e. The molecule has 0 bridgehead atoms. The van der Waals surface area contributed by atoms with Crippen LogP contribution in [0, 0.1) is 0 Å².